The van der Waals surface area contributed by atoms with E-state index in [0.29, 0.717) is 12.5 Å². The Kier molecular flexibility index (Phi) is 5.09. The van der Waals surface area contributed by atoms with Gasteiger partial charge < -0.3 is 9.64 Å². The van der Waals surface area contributed by atoms with Crippen LogP contribution in [0.2, 0.25) is 0 Å². The van der Waals surface area contributed by atoms with Gasteiger partial charge in [-0.2, -0.15) is 0 Å². The lowest BCUT2D eigenvalue weighted by molar-refractivity contribution is 0.0288. The predicted octanol–water partition coefficient (Wildman–Crippen LogP) is 2.74. The van der Waals surface area contributed by atoms with Crippen LogP contribution in [-0.2, 0) is 4.74 Å². The lowest BCUT2D eigenvalue weighted by Crippen LogP contribution is -2.35. The first-order valence-electron chi connectivity index (χ1n) is 5.94. The maximum absolute atomic E-state index is 11.8. The number of rotatable bonds is 3. The van der Waals surface area contributed by atoms with Crippen LogP contribution in [0.15, 0.2) is 4.99 Å². The molecule has 1 atom stereocenters. The molecule has 0 aromatic rings. The third-order valence-electron chi connectivity index (χ3n) is 2.65. The number of hydrogen-bond acceptors (Lipinski definition) is 4. The second kappa shape index (κ2) is 6.12. The van der Waals surface area contributed by atoms with E-state index in [9.17, 15) is 4.79 Å². The summed E-state index contributed by atoms with van der Waals surface area (Å²) in [5.74, 6) is 0.509. The van der Waals surface area contributed by atoms with Gasteiger partial charge in [-0.05, 0) is 51.7 Å². The highest BCUT2D eigenvalue weighted by molar-refractivity contribution is 7.78. The van der Waals surface area contributed by atoms with Crippen molar-refractivity contribution in [2.45, 2.75) is 39.2 Å². The number of carbonyl (C=O) groups excluding carboxylic acids is 1. The highest BCUT2D eigenvalue weighted by Crippen LogP contribution is 2.21. The smallest absolute Gasteiger partial charge is 0.410 e. The fourth-order valence-corrected chi connectivity index (χ4v) is 1.94. The summed E-state index contributed by atoms with van der Waals surface area (Å²) in [6.45, 7) is 7.89. The molecule has 0 aromatic heterocycles. The Hall–Kier alpha value is -0.930. The fraction of sp³-hybridized carbons (Fsp3) is 0.833. The third-order valence-corrected chi connectivity index (χ3v) is 2.78. The van der Waals surface area contributed by atoms with Crippen molar-refractivity contribution in [3.8, 4) is 0 Å². The van der Waals surface area contributed by atoms with Crippen LogP contribution in [0.5, 0.6) is 0 Å². The van der Waals surface area contributed by atoms with Crippen molar-refractivity contribution in [3.05, 3.63) is 0 Å². The van der Waals surface area contributed by atoms with E-state index in [4.69, 9.17) is 4.74 Å². The first kappa shape index (κ1) is 14.1. The van der Waals surface area contributed by atoms with Crippen LogP contribution in [0.1, 0.15) is 33.6 Å². The number of hydrogen-bond donors (Lipinski definition) is 0. The first-order valence-corrected chi connectivity index (χ1v) is 6.35. The molecule has 0 spiro atoms. The lowest BCUT2D eigenvalue weighted by atomic mass is 10.1. The molecule has 96 valence electrons. The van der Waals surface area contributed by atoms with E-state index in [1.165, 1.54) is 0 Å². The van der Waals surface area contributed by atoms with Gasteiger partial charge in [0.15, 0.2) is 0 Å². The molecule has 5 heteroatoms. The molecule has 0 bridgehead atoms. The van der Waals surface area contributed by atoms with Crippen molar-refractivity contribution in [2.75, 3.05) is 19.6 Å². The molecule has 1 aliphatic rings. The fourth-order valence-electron chi connectivity index (χ4n) is 1.85. The van der Waals surface area contributed by atoms with Gasteiger partial charge in [-0.1, -0.05) is 0 Å². The minimum Gasteiger partial charge on any atom is -0.444 e. The van der Waals surface area contributed by atoms with E-state index >= 15 is 0 Å². The second-order valence-corrected chi connectivity index (χ2v) is 5.53. The van der Waals surface area contributed by atoms with Gasteiger partial charge in [0, 0.05) is 19.6 Å². The minimum absolute atomic E-state index is 0.210. The Morgan fingerprint density at radius 1 is 1.59 bits per heavy atom. The largest absolute Gasteiger partial charge is 0.444 e. The number of amides is 1. The Labute approximate surface area is 108 Å². The standard InChI is InChI=1S/C12H20N2O2S/c1-12(2,3)16-11(15)14-7-5-10(8-14)4-6-13-9-17/h10H,4-8H2,1-3H3. The Morgan fingerprint density at radius 3 is 2.88 bits per heavy atom. The quantitative estimate of drug-likeness (QED) is 0.576. The average molecular weight is 256 g/mol. The van der Waals surface area contributed by atoms with E-state index in [1.807, 2.05) is 20.8 Å². The number of isothiocyanates is 1. The van der Waals surface area contributed by atoms with Crippen LogP contribution in [0, 0.1) is 5.92 Å². The number of aliphatic imine (C=N–C) groups is 1. The molecule has 4 nitrogen and oxygen atoms in total. The number of carbonyl (C=O) groups is 1. The predicted molar refractivity (Wildman–Crippen MR) is 70.4 cm³/mol. The molecule has 17 heavy (non-hydrogen) atoms. The normalized spacial score (nSPS) is 19.9. The molecule has 1 fully saturated rings. The molecule has 0 aliphatic carbocycles. The molecule has 1 aliphatic heterocycles. The number of ether oxygens (including phenoxy) is 1. The number of thiocarbonyl (C=S) groups is 1. The van der Waals surface area contributed by atoms with E-state index in [0.717, 1.165) is 25.9 Å². The van der Waals surface area contributed by atoms with Gasteiger partial charge >= 0.3 is 6.09 Å². The Bertz CT molecular complexity index is 319. The van der Waals surface area contributed by atoms with Crippen LogP contribution in [0.3, 0.4) is 0 Å². The van der Waals surface area contributed by atoms with Gasteiger partial charge in [0.1, 0.15) is 5.60 Å². The zero-order valence-electron chi connectivity index (χ0n) is 10.7. The summed E-state index contributed by atoms with van der Waals surface area (Å²) < 4.78 is 5.33. The van der Waals surface area contributed by atoms with Crippen LogP contribution in [0.25, 0.3) is 0 Å². The summed E-state index contributed by atoms with van der Waals surface area (Å²) in [6.07, 6.45) is 1.77. The molecule has 0 N–H and O–H groups in total. The van der Waals surface area contributed by atoms with Crippen molar-refractivity contribution in [1.82, 2.24) is 4.90 Å². The third kappa shape index (κ3) is 5.29. The monoisotopic (exact) mass is 256 g/mol. The van der Waals surface area contributed by atoms with Crippen molar-refractivity contribution in [2.24, 2.45) is 10.9 Å². The van der Waals surface area contributed by atoms with E-state index in [1.54, 1.807) is 4.90 Å². The summed E-state index contributed by atoms with van der Waals surface area (Å²) in [5.41, 5.74) is -0.420. The van der Waals surface area contributed by atoms with Crippen LogP contribution in [-0.4, -0.2) is 41.4 Å². The van der Waals surface area contributed by atoms with Gasteiger partial charge in [0.25, 0.3) is 0 Å². The van der Waals surface area contributed by atoms with Gasteiger partial charge in [-0.15, -0.1) is 0 Å². The van der Waals surface area contributed by atoms with Gasteiger partial charge in [0.05, 0.1) is 5.16 Å². The summed E-state index contributed by atoms with van der Waals surface area (Å²) in [6, 6.07) is 0. The van der Waals surface area contributed by atoms with Crippen molar-refractivity contribution < 1.29 is 9.53 Å². The van der Waals surface area contributed by atoms with Crippen LogP contribution >= 0.6 is 12.2 Å². The van der Waals surface area contributed by atoms with Crippen LogP contribution < -0.4 is 0 Å². The average Bonchev–Trinajstić information content (AvgIpc) is 2.64. The summed E-state index contributed by atoms with van der Waals surface area (Å²) in [5, 5.41) is 2.36. The Balaban J connectivity index is 2.34. The highest BCUT2D eigenvalue weighted by Gasteiger charge is 2.29. The summed E-state index contributed by atoms with van der Waals surface area (Å²) >= 11 is 4.52. The lowest BCUT2D eigenvalue weighted by Gasteiger charge is -2.24. The molecule has 1 saturated heterocycles. The van der Waals surface area contributed by atoms with Crippen molar-refractivity contribution >= 4 is 23.5 Å². The zero-order chi connectivity index (χ0) is 12.9. The minimum atomic E-state index is -0.420. The molecule has 1 amide bonds. The summed E-state index contributed by atoms with van der Waals surface area (Å²) in [4.78, 5) is 17.5. The second-order valence-electron chi connectivity index (χ2n) is 5.34. The molecule has 0 saturated carbocycles. The van der Waals surface area contributed by atoms with E-state index in [-0.39, 0.29) is 6.09 Å². The van der Waals surface area contributed by atoms with Gasteiger partial charge in [-0.25, -0.2) is 9.79 Å². The van der Waals surface area contributed by atoms with E-state index < -0.39 is 5.60 Å². The molecular weight excluding hydrogens is 236 g/mol. The highest BCUT2D eigenvalue weighted by atomic mass is 32.1. The molecule has 1 rings (SSSR count). The van der Waals surface area contributed by atoms with Crippen molar-refractivity contribution in [1.29, 1.82) is 0 Å². The molecule has 1 heterocycles. The zero-order valence-corrected chi connectivity index (χ0v) is 11.5. The molecule has 0 radical (unpaired) electrons. The maximum Gasteiger partial charge on any atom is 0.410 e. The van der Waals surface area contributed by atoms with Gasteiger partial charge in [-0.3, -0.25) is 0 Å². The summed E-state index contributed by atoms with van der Waals surface area (Å²) in [7, 11) is 0. The first-order chi connectivity index (χ1) is 7.92. The SMILES string of the molecule is CC(C)(C)OC(=O)N1CCC(CCN=C=S)C1. The topological polar surface area (TPSA) is 41.9 Å². The molecule has 1 unspecified atom stereocenters. The van der Waals surface area contributed by atoms with Crippen LogP contribution in [0.4, 0.5) is 4.79 Å². The maximum atomic E-state index is 11.8. The Morgan fingerprint density at radius 2 is 2.29 bits per heavy atom. The molecule has 0 aromatic carbocycles. The number of likely N-dealkylation sites (tertiary alicyclic amines) is 1. The van der Waals surface area contributed by atoms with E-state index in [2.05, 4.69) is 22.4 Å². The van der Waals surface area contributed by atoms with Gasteiger partial charge in [0.2, 0.25) is 0 Å². The molecular formula is C12H20N2O2S. The number of nitrogens with zero attached hydrogens (tertiary/aromatic N) is 2. The van der Waals surface area contributed by atoms with Crippen molar-refractivity contribution in [3.63, 3.8) is 0 Å².